The van der Waals surface area contributed by atoms with Gasteiger partial charge < -0.3 is 9.15 Å². The summed E-state index contributed by atoms with van der Waals surface area (Å²) < 4.78 is 11.8. The molecular formula is C26H17ClO3. The standard InChI is InChI=1S/C26H17ClO3/c27-24-11-4-3-10-21(24)23-16-30-25-14-19(12-13-22(25)26(23)28)29-15-18-8-5-7-17-6-1-2-9-20(17)18/h1-14,16H,15H2. The van der Waals surface area contributed by atoms with Crippen LogP contribution in [-0.2, 0) is 6.61 Å². The van der Waals surface area contributed by atoms with Gasteiger partial charge in [0.1, 0.15) is 24.2 Å². The lowest BCUT2D eigenvalue weighted by Crippen LogP contribution is -2.05. The maximum atomic E-state index is 13.0. The molecule has 0 amide bonds. The van der Waals surface area contributed by atoms with Crippen molar-refractivity contribution in [2.75, 3.05) is 0 Å². The van der Waals surface area contributed by atoms with Crippen LogP contribution >= 0.6 is 11.6 Å². The van der Waals surface area contributed by atoms with Crippen molar-refractivity contribution in [2.45, 2.75) is 6.61 Å². The van der Waals surface area contributed by atoms with Gasteiger partial charge in [0.05, 0.1) is 10.9 Å². The Balaban J connectivity index is 1.46. The fourth-order valence-corrected chi connectivity index (χ4v) is 3.88. The van der Waals surface area contributed by atoms with E-state index in [0.29, 0.717) is 39.5 Å². The summed E-state index contributed by atoms with van der Waals surface area (Å²) in [5, 5.41) is 3.34. The molecule has 0 aliphatic heterocycles. The van der Waals surface area contributed by atoms with Crippen molar-refractivity contribution in [3.63, 3.8) is 0 Å². The Morgan fingerprint density at radius 3 is 2.50 bits per heavy atom. The van der Waals surface area contributed by atoms with Crippen molar-refractivity contribution in [3.05, 3.63) is 112 Å². The van der Waals surface area contributed by atoms with Crippen molar-refractivity contribution < 1.29 is 9.15 Å². The van der Waals surface area contributed by atoms with Gasteiger partial charge in [-0.2, -0.15) is 0 Å². The summed E-state index contributed by atoms with van der Waals surface area (Å²) in [6, 6.07) is 26.9. The number of fused-ring (bicyclic) bond motifs is 2. The zero-order valence-electron chi connectivity index (χ0n) is 16.0. The van der Waals surface area contributed by atoms with Crippen LogP contribution in [0.2, 0.25) is 5.02 Å². The van der Waals surface area contributed by atoms with Crippen LogP contribution in [0.4, 0.5) is 0 Å². The van der Waals surface area contributed by atoms with Crippen LogP contribution in [-0.4, -0.2) is 0 Å². The summed E-state index contributed by atoms with van der Waals surface area (Å²) in [6.45, 7) is 0.425. The van der Waals surface area contributed by atoms with Gasteiger partial charge in [-0.25, -0.2) is 0 Å². The van der Waals surface area contributed by atoms with Crippen molar-refractivity contribution in [2.24, 2.45) is 0 Å². The summed E-state index contributed by atoms with van der Waals surface area (Å²) >= 11 is 6.25. The van der Waals surface area contributed by atoms with E-state index in [1.165, 1.54) is 11.6 Å². The Hall–Kier alpha value is -3.56. The van der Waals surface area contributed by atoms with Crippen molar-refractivity contribution in [3.8, 4) is 16.9 Å². The number of ether oxygens (including phenoxy) is 1. The minimum Gasteiger partial charge on any atom is -0.489 e. The first-order valence-electron chi connectivity index (χ1n) is 9.60. The van der Waals surface area contributed by atoms with Crippen molar-refractivity contribution >= 4 is 33.3 Å². The molecule has 1 heterocycles. The fourth-order valence-electron chi connectivity index (χ4n) is 3.64. The van der Waals surface area contributed by atoms with Gasteiger partial charge in [0.25, 0.3) is 0 Å². The third-order valence-corrected chi connectivity index (χ3v) is 5.51. The Bertz CT molecular complexity index is 1430. The van der Waals surface area contributed by atoms with E-state index in [9.17, 15) is 4.79 Å². The highest BCUT2D eigenvalue weighted by Gasteiger charge is 2.12. The van der Waals surface area contributed by atoms with Crippen LogP contribution in [0.5, 0.6) is 5.75 Å². The molecule has 0 spiro atoms. The molecule has 0 bridgehead atoms. The van der Waals surface area contributed by atoms with Gasteiger partial charge in [-0.05, 0) is 34.5 Å². The fraction of sp³-hybridized carbons (Fsp3) is 0.0385. The second-order valence-corrected chi connectivity index (χ2v) is 7.45. The minimum atomic E-state index is -0.120. The van der Waals surface area contributed by atoms with Crippen LogP contribution in [0, 0.1) is 0 Å². The highest BCUT2D eigenvalue weighted by atomic mass is 35.5. The van der Waals surface area contributed by atoms with Crippen molar-refractivity contribution in [1.82, 2.24) is 0 Å². The highest BCUT2D eigenvalue weighted by Crippen LogP contribution is 2.28. The number of hydrogen-bond acceptors (Lipinski definition) is 3. The zero-order chi connectivity index (χ0) is 20.5. The van der Waals surface area contributed by atoms with Crippen LogP contribution in [0.25, 0.3) is 32.9 Å². The average Bonchev–Trinajstić information content (AvgIpc) is 2.78. The van der Waals surface area contributed by atoms with E-state index in [4.69, 9.17) is 20.8 Å². The molecule has 0 saturated heterocycles. The zero-order valence-corrected chi connectivity index (χ0v) is 16.7. The minimum absolute atomic E-state index is 0.120. The number of hydrogen-bond donors (Lipinski definition) is 0. The van der Waals surface area contributed by atoms with Crippen LogP contribution < -0.4 is 10.2 Å². The third-order valence-electron chi connectivity index (χ3n) is 5.18. The number of benzene rings is 4. The van der Waals surface area contributed by atoms with Gasteiger partial charge in [-0.1, -0.05) is 72.3 Å². The summed E-state index contributed by atoms with van der Waals surface area (Å²) in [7, 11) is 0. The van der Waals surface area contributed by atoms with E-state index in [1.807, 2.05) is 36.4 Å². The Morgan fingerprint density at radius 1 is 0.800 bits per heavy atom. The molecule has 4 aromatic carbocycles. The molecule has 0 saturated carbocycles. The van der Waals surface area contributed by atoms with Gasteiger partial charge in [-0.3, -0.25) is 4.79 Å². The topological polar surface area (TPSA) is 39.4 Å². The normalized spacial score (nSPS) is 11.1. The molecule has 5 rings (SSSR count). The van der Waals surface area contributed by atoms with Gasteiger partial charge in [-0.15, -0.1) is 0 Å². The lowest BCUT2D eigenvalue weighted by Gasteiger charge is -2.10. The molecule has 0 radical (unpaired) electrons. The lowest BCUT2D eigenvalue weighted by atomic mass is 10.1. The summed E-state index contributed by atoms with van der Waals surface area (Å²) in [5.41, 5.74) is 2.56. The third kappa shape index (κ3) is 3.34. The molecule has 0 unspecified atom stereocenters. The predicted octanol–water partition coefficient (Wildman–Crippen LogP) is 6.85. The highest BCUT2D eigenvalue weighted by molar-refractivity contribution is 6.33. The Kier molecular flexibility index (Phi) is 4.74. The maximum absolute atomic E-state index is 13.0. The molecule has 30 heavy (non-hydrogen) atoms. The second-order valence-electron chi connectivity index (χ2n) is 7.04. The van der Waals surface area contributed by atoms with Crippen molar-refractivity contribution in [1.29, 1.82) is 0 Å². The van der Waals surface area contributed by atoms with Gasteiger partial charge in [0, 0.05) is 16.7 Å². The maximum Gasteiger partial charge on any atom is 0.200 e. The number of rotatable bonds is 4. The van der Waals surface area contributed by atoms with E-state index in [1.54, 1.807) is 24.3 Å². The largest absolute Gasteiger partial charge is 0.489 e. The predicted molar refractivity (Wildman–Crippen MR) is 121 cm³/mol. The van der Waals surface area contributed by atoms with E-state index in [2.05, 4.69) is 24.3 Å². The van der Waals surface area contributed by atoms with E-state index in [0.717, 1.165) is 10.9 Å². The number of halogens is 1. The van der Waals surface area contributed by atoms with Gasteiger partial charge in [0.15, 0.2) is 0 Å². The second kappa shape index (κ2) is 7.69. The molecule has 1 aromatic heterocycles. The van der Waals surface area contributed by atoms with E-state index in [-0.39, 0.29) is 5.43 Å². The quantitative estimate of drug-likeness (QED) is 0.324. The first-order valence-corrected chi connectivity index (χ1v) is 9.98. The summed E-state index contributed by atoms with van der Waals surface area (Å²) in [4.78, 5) is 13.0. The van der Waals surface area contributed by atoms with E-state index >= 15 is 0 Å². The molecule has 4 heteroatoms. The average molecular weight is 413 g/mol. The van der Waals surface area contributed by atoms with Crippen LogP contribution in [0.1, 0.15) is 5.56 Å². The first kappa shape index (κ1) is 18.5. The molecule has 0 aliphatic carbocycles. The molecule has 0 aliphatic rings. The van der Waals surface area contributed by atoms with Gasteiger partial charge >= 0.3 is 0 Å². The SMILES string of the molecule is O=c1c(-c2ccccc2Cl)coc2cc(OCc3cccc4ccccc34)ccc12. The summed E-state index contributed by atoms with van der Waals surface area (Å²) in [6.07, 6.45) is 1.46. The monoisotopic (exact) mass is 412 g/mol. The molecule has 0 fully saturated rings. The van der Waals surface area contributed by atoms with E-state index < -0.39 is 0 Å². The molecule has 0 N–H and O–H groups in total. The molecule has 5 aromatic rings. The Labute approximate surface area is 178 Å². The van der Waals surface area contributed by atoms with Gasteiger partial charge in [0.2, 0.25) is 5.43 Å². The molecule has 146 valence electrons. The molecule has 3 nitrogen and oxygen atoms in total. The molecular weight excluding hydrogens is 396 g/mol. The van der Waals surface area contributed by atoms with Crippen LogP contribution in [0.15, 0.2) is 100 Å². The van der Waals surface area contributed by atoms with Crippen LogP contribution in [0.3, 0.4) is 0 Å². The molecule has 0 atom stereocenters. The summed E-state index contributed by atoms with van der Waals surface area (Å²) in [5.74, 6) is 0.643. The first-order chi connectivity index (χ1) is 14.7. The smallest absolute Gasteiger partial charge is 0.200 e. The lowest BCUT2D eigenvalue weighted by molar-refractivity contribution is 0.307. The Morgan fingerprint density at radius 2 is 1.60 bits per heavy atom.